The third-order valence-corrected chi connectivity index (χ3v) is 2.27. The molecule has 0 saturated heterocycles. The fraction of sp³-hybridized carbons (Fsp3) is 0.455. The number of rotatable bonds is 0. The molecule has 1 heterocycles. The normalized spacial score (nSPS) is 13.4. The molecule has 0 N–H and O–H groups in total. The lowest BCUT2D eigenvalue weighted by Crippen LogP contribution is -2.09. The van der Waals surface area contributed by atoms with E-state index in [1.807, 2.05) is 13.8 Å². The average molecular weight is 217 g/mol. The fourth-order valence-corrected chi connectivity index (χ4v) is 1.55. The number of ether oxygens (including phenoxy) is 1. The minimum absolute atomic E-state index is 0.180. The first-order valence-corrected chi connectivity index (χ1v) is 5.26. The molecule has 2 rings (SSSR count). The van der Waals surface area contributed by atoms with E-state index in [1.54, 1.807) is 6.07 Å². The highest BCUT2D eigenvalue weighted by molar-refractivity contribution is 6.30. The van der Waals surface area contributed by atoms with Gasteiger partial charge in [-0.1, -0.05) is 25.4 Å². The van der Waals surface area contributed by atoms with Gasteiger partial charge in [0.25, 0.3) is 0 Å². The van der Waals surface area contributed by atoms with Gasteiger partial charge in [-0.25, -0.2) is 4.39 Å². The van der Waals surface area contributed by atoms with Crippen LogP contribution in [0.5, 0.6) is 5.75 Å². The molecule has 0 amide bonds. The summed E-state index contributed by atoms with van der Waals surface area (Å²) in [5, 5.41) is 0.180. The van der Waals surface area contributed by atoms with Gasteiger partial charge in [-0.2, -0.15) is 0 Å². The van der Waals surface area contributed by atoms with Gasteiger partial charge >= 0.3 is 0 Å². The Hall–Kier alpha value is -0.760. The second kappa shape index (κ2) is 5.20. The first-order valence-electron chi connectivity index (χ1n) is 4.89. The maximum Gasteiger partial charge on any atom is 0.148 e. The number of fused-ring (bicyclic) bond motifs is 1. The van der Waals surface area contributed by atoms with Crippen LogP contribution >= 0.6 is 11.6 Å². The van der Waals surface area contributed by atoms with Gasteiger partial charge in [0.15, 0.2) is 0 Å². The zero-order valence-electron chi connectivity index (χ0n) is 8.44. The number of hydrogen-bond donors (Lipinski definition) is 0. The largest absolute Gasteiger partial charge is 0.493 e. The second-order valence-corrected chi connectivity index (χ2v) is 3.20. The standard InChI is InChI=1S/C9H8ClFO.C2H6/c10-7-3-4-8-6(9(7)11)2-1-5-12-8;1-2/h3-4H,1-2,5H2;1-2H3. The molecule has 3 heteroatoms. The van der Waals surface area contributed by atoms with Crippen molar-refractivity contribution in [3.8, 4) is 5.75 Å². The highest BCUT2D eigenvalue weighted by Gasteiger charge is 2.16. The van der Waals surface area contributed by atoms with Crippen LogP contribution in [0.25, 0.3) is 0 Å². The summed E-state index contributed by atoms with van der Waals surface area (Å²) in [7, 11) is 0. The minimum Gasteiger partial charge on any atom is -0.493 e. The molecule has 0 radical (unpaired) electrons. The summed E-state index contributed by atoms with van der Waals surface area (Å²) in [6, 6.07) is 3.25. The molecule has 1 aromatic carbocycles. The third-order valence-electron chi connectivity index (χ3n) is 1.98. The van der Waals surface area contributed by atoms with Crippen molar-refractivity contribution in [2.75, 3.05) is 6.61 Å². The number of benzene rings is 1. The van der Waals surface area contributed by atoms with Gasteiger partial charge in [-0.05, 0) is 25.0 Å². The lowest BCUT2D eigenvalue weighted by atomic mass is 10.1. The van der Waals surface area contributed by atoms with Crippen LogP contribution in [0.4, 0.5) is 4.39 Å². The molecular formula is C11H14ClFO. The molecule has 14 heavy (non-hydrogen) atoms. The highest BCUT2D eigenvalue weighted by Crippen LogP contribution is 2.30. The number of halogens is 2. The lowest BCUT2D eigenvalue weighted by molar-refractivity contribution is 0.284. The Labute approximate surface area is 88.8 Å². The summed E-state index contributed by atoms with van der Waals surface area (Å²) in [6.45, 7) is 4.67. The molecule has 78 valence electrons. The van der Waals surface area contributed by atoms with E-state index in [0.29, 0.717) is 17.9 Å². The zero-order valence-corrected chi connectivity index (χ0v) is 9.20. The van der Waals surface area contributed by atoms with Crippen molar-refractivity contribution >= 4 is 11.6 Å². The van der Waals surface area contributed by atoms with Crippen LogP contribution in [-0.2, 0) is 6.42 Å². The fourth-order valence-electron chi connectivity index (χ4n) is 1.37. The van der Waals surface area contributed by atoms with Crippen molar-refractivity contribution in [2.45, 2.75) is 26.7 Å². The van der Waals surface area contributed by atoms with Crippen LogP contribution in [0.2, 0.25) is 5.02 Å². The predicted octanol–water partition coefficient (Wildman–Crippen LogP) is 3.83. The first kappa shape index (κ1) is 11.3. The summed E-state index contributed by atoms with van der Waals surface area (Å²) in [6.07, 6.45) is 1.59. The second-order valence-electron chi connectivity index (χ2n) is 2.79. The molecule has 0 fully saturated rings. The Morgan fingerprint density at radius 1 is 1.36 bits per heavy atom. The third kappa shape index (κ3) is 2.18. The van der Waals surface area contributed by atoms with Gasteiger partial charge in [0.2, 0.25) is 0 Å². The van der Waals surface area contributed by atoms with Crippen molar-refractivity contribution in [1.29, 1.82) is 0 Å². The molecule has 0 spiro atoms. The molecule has 1 aromatic rings. The van der Waals surface area contributed by atoms with Gasteiger partial charge < -0.3 is 4.74 Å². The van der Waals surface area contributed by atoms with E-state index in [1.165, 1.54) is 6.07 Å². The smallest absolute Gasteiger partial charge is 0.148 e. The minimum atomic E-state index is -0.325. The molecule has 0 saturated carbocycles. The molecule has 0 bridgehead atoms. The number of hydrogen-bond acceptors (Lipinski definition) is 1. The molecule has 1 aliphatic heterocycles. The zero-order chi connectivity index (χ0) is 10.6. The van der Waals surface area contributed by atoms with E-state index in [0.717, 1.165) is 12.8 Å². The van der Waals surface area contributed by atoms with Crippen molar-refractivity contribution in [1.82, 2.24) is 0 Å². The molecule has 1 nitrogen and oxygen atoms in total. The van der Waals surface area contributed by atoms with Crippen LogP contribution in [0.3, 0.4) is 0 Å². The summed E-state index contributed by atoms with van der Waals surface area (Å²) in [4.78, 5) is 0. The van der Waals surface area contributed by atoms with E-state index < -0.39 is 0 Å². The van der Waals surface area contributed by atoms with Crippen LogP contribution < -0.4 is 4.74 Å². The van der Waals surface area contributed by atoms with Gasteiger partial charge in [0, 0.05) is 5.56 Å². The average Bonchev–Trinajstić information content (AvgIpc) is 2.27. The summed E-state index contributed by atoms with van der Waals surface area (Å²) >= 11 is 5.62. The van der Waals surface area contributed by atoms with Crippen molar-refractivity contribution in [3.63, 3.8) is 0 Å². The molecule has 0 atom stereocenters. The SMILES string of the molecule is CC.Fc1c(Cl)ccc2c1CCCO2. The van der Waals surface area contributed by atoms with Crippen LogP contribution in [0, 0.1) is 5.82 Å². The quantitative estimate of drug-likeness (QED) is 0.641. The van der Waals surface area contributed by atoms with E-state index in [9.17, 15) is 4.39 Å². The van der Waals surface area contributed by atoms with Crippen molar-refractivity contribution < 1.29 is 9.13 Å². The summed E-state index contributed by atoms with van der Waals surface area (Å²) < 4.78 is 18.5. The Morgan fingerprint density at radius 2 is 2.07 bits per heavy atom. The van der Waals surface area contributed by atoms with Gasteiger partial charge in [0.05, 0.1) is 11.6 Å². The maximum absolute atomic E-state index is 13.3. The predicted molar refractivity (Wildman–Crippen MR) is 56.6 cm³/mol. The Morgan fingerprint density at radius 3 is 2.79 bits per heavy atom. The maximum atomic E-state index is 13.3. The summed E-state index contributed by atoms with van der Waals surface area (Å²) in [5.41, 5.74) is 0.619. The van der Waals surface area contributed by atoms with Gasteiger partial charge in [-0.15, -0.1) is 0 Å². The Balaban J connectivity index is 0.000000461. The molecule has 0 aromatic heterocycles. The van der Waals surface area contributed by atoms with Gasteiger partial charge in [-0.3, -0.25) is 0 Å². The van der Waals surface area contributed by atoms with Crippen LogP contribution in [-0.4, -0.2) is 6.61 Å². The van der Waals surface area contributed by atoms with Gasteiger partial charge in [0.1, 0.15) is 11.6 Å². The first-order chi connectivity index (χ1) is 6.79. The molecule has 0 unspecified atom stereocenters. The highest BCUT2D eigenvalue weighted by atomic mass is 35.5. The van der Waals surface area contributed by atoms with E-state index >= 15 is 0 Å². The van der Waals surface area contributed by atoms with Crippen LogP contribution in [0.15, 0.2) is 12.1 Å². The van der Waals surface area contributed by atoms with Crippen molar-refractivity contribution in [3.05, 3.63) is 28.5 Å². The Kier molecular flexibility index (Phi) is 4.21. The van der Waals surface area contributed by atoms with Crippen LogP contribution in [0.1, 0.15) is 25.8 Å². The van der Waals surface area contributed by atoms with E-state index in [4.69, 9.17) is 16.3 Å². The molecular weight excluding hydrogens is 203 g/mol. The van der Waals surface area contributed by atoms with E-state index in [2.05, 4.69) is 0 Å². The monoisotopic (exact) mass is 216 g/mol. The summed E-state index contributed by atoms with van der Waals surface area (Å²) in [5.74, 6) is 0.317. The van der Waals surface area contributed by atoms with Crippen molar-refractivity contribution in [2.24, 2.45) is 0 Å². The topological polar surface area (TPSA) is 9.23 Å². The van der Waals surface area contributed by atoms with E-state index in [-0.39, 0.29) is 10.8 Å². The molecule has 1 aliphatic rings. The Bertz CT molecular complexity index is 312. The lowest BCUT2D eigenvalue weighted by Gasteiger charge is -2.17. The molecule has 0 aliphatic carbocycles.